The van der Waals surface area contributed by atoms with Gasteiger partial charge in [-0.1, -0.05) is 45.3 Å². The number of rotatable bonds is 11. The van der Waals surface area contributed by atoms with Crippen molar-refractivity contribution in [3.05, 3.63) is 53.9 Å². The summed E-state index contributed by atoms with van der Waals surface area (Å²) in [7, 11) is 1.79. The van der Waals surface area contributed by atoms with Gasteiger partial charge in [0, 0.05) is 56.8 Å². The molecule has 0 bridgehead atoms. The van der Waals surface area contributed by atoms with Crippen molar-refractivity contribution in [3.8, 4) is 35.7 Å². The molecular formula is C41H49F2N5O6. The molecule has 3 aliphatic heterocycles. The number of nitrogens with one attached hydrogen (secondary N) is 1. The fraction of sp³-hybridized carbons (Fsp3) is 0.537. The maximum absolute atomic E-state index is 15.4. The van der Waals surface area contributed by atoms with Crippen molar-refractivity contribution in [1.29, 1.82) is 0 Å². The molecule has 0 spiro atoms. The normalized spacial score (nSPS) is 24.0. The van der Waals surface area contributed by atoms with Crippen LogP contribution in [0.4, 0.5) is 14.6 Å². The van der Waals surface area contributed by atoms with Crippen molar-refractivity contribution >= 4 is 22.5 Å². The van der Waals surface area contributed by atoms with Crippen LogP contribution in [0.3, 0.4) is 0 Å². The van der Waals surface area contributed by atoms with E-state index in [1.807, 2.05) is 0 Å². The van der Waals surface area contributed by atoms with E-state index in [1.54, 1.807) is 18.0 Å². The van der Waals surface area contributed by atoms with Gasteiger partial charge in [0.1, 0.15) is 31.0 Å². The number of amides is 1. The molecule has 1 aliphatic carbocycles. The quantitative estimate of drug-likeness (QED) is 0.170. The molecule has 13 heteroatoms. The summed E-state index contributed by atoms with van der Waals surface area (Å²) in [6, 6.07) is 5.98. The topological polar surface area (TPSA) is 119 Å². The first-order chi connectivity index (χ1) is 26.0. The number of phenolic OH excluding ortho intramolecular Hbond substituents is 1. The van der Waals surface area contributed by atoms with Crippen LogP contribution in [-0.2, 0) is 9.53 Å². The van der Waals surface area contributed by atoms with Gasteiger partial charge in [-0.15, -0.1) is 6.42 Å². The number of halogens is 2. The van der Waals surface area contributed by atoms with Crippen LogP contribution in [0.2, 0.25) is 0 Å². The number of fused-ring (bicyclic) bond motifs is 2. The van der Waals surface area contributed by atoms with Gasteiger partial charge < -0.3 is 34.3 Å². The zero-order chi connectivity index (χ0) is 38.2. The Morgan fingerprint density at radius 3 is 2.72 bits per heavy atom. The highest BCUT2D eigenvalue weighted by Gasteiger charge is 2.51. The Morgan fingerprint density at radius 2 is 2.02 bits per heavy atom. The first kappa shape index (κ1) is 37.6. The molecule has 7 rings (SSSR count). The highest BCUT2D eigenvalue weighted by molar-refractivity contribution is 5.93. The number of benzene rings is 2. The number of ether oxygens (including phenoxy) is 4. The van der Waals surface area contributed by atoms with Crippen molar-refractivity contribution in [2.24, 2.45) is 5.92 Å². The second-order valence-electron chi connectivity index (χ2n) is 15.3. The number of carbonyl (C=O) groups excluding carboxylic acids is 1. The molecule has 4 heterocycles. The van der Waals surface area contributed by atoms with Gasteiger partial charge >= 0.3 is 6.01 Å². The van der Waals surface area contributed by atoms with Gasteiger partial charge in [-0.05, 0) is 61.3 Å². The van der Waals surface area contributed by atoms with E-state index in [-0.39, 0.29) is 60.0 Å². The summed E-state index contributed by atoms with van der Waals surface area (Å²) in [6.07, 6.45) is 10.7. The monoisotopic (exact) mass is 745 g/mol. The fourth-order valence-corrected chi connectivity index (χ4v) is 8.96. The number of likely N-dealkylation sites (tertiary alicyclic amines) is 1. The van der Waals surface area contributed by atoms with E-state index in [0.29, 0.717) is 54.9 Å². The zero-order valence-electron chi connectivity index (χ0n) is 31.2. The Balaban J connectivity index is 1.25. The number of phenols is 1. The maximum atomic E-state index is 15.4. The first-order valence-electron chi connectivity index (χ1n) is 18.9. The molecule has 2 N–H and O–H groups in total. The molecule has 1 unspecified atom stereocenters. The van der Waals surface area contributed by atoms with Crippen LogP contribution in [0.15, 0.2) is 36.9 Å². The Labute approximate surface area is 315 Å². The van der Waals surface area contributed by atoms with Crippen LogP contribution in [0, 0.1) is 24.1 Å². The van der Waals surface area contributed by atoms with Gasteiger partial charge in [0.2, 0.25) is 11.7 Å². The summed E-state index contributed by atoms with van der Waals surface area (Å²) in [5.41, 5.74) is -0.642. The summed E-state index contributed by atoms with van der Waals surface area (Å²) < 4.78 is 55.3. The van der Waals surface area contributed by atoms with E-state index in [9.17, 15) is 14.3 Å². The predicted molar refractivity (Wildman–Crippen MR) is 200 cm³/mol. The van der Waals surface area contributed by atoms with Crippen LogP contribution < -0.4 is 19.5 Å². The lowest BCUT2D eigenvalue weighted by Crippen LogP contribution is -2.57. The lowest BCUT2D eigenvalue weighted by Gasteiger charge is -2.46. The van der Waals surface area contributed by atoms with Crippen molar-refractivity contribution in [2.75, 3.05) is 51.9 Å². The number of carbonyl (C=O) groups is 1. The Hall–Kier alpha value is -4.67. The number of hydrogen-bond acceptors (Lipinski definition) is 10. The lowest BCUT2D eigenvalue weighted by molar-refractivity contribution is -0.129. The molecule has 1 amide bonds. The van der Waals surface area contributed by atoms with E-state index >= 15 is 4.39 Å². The number of terminal acetylenes is 1. The standard InChI is InChI=1S/C41H49F2N5O6/c1-6-30-32(43)11-10-26-18-29(49)19-31(35(26)30)33-22-52-36-37(44-23-40(14-8-9-15-40)47(5)34(50)7-2)45-39(46-38(36)54-33)53-24-41(25(3)4)20-27(42)21-48(41)28-12-16-51-17-13-28/h1,7,10-11,18-19,25,27-28,33,49H,2,8-9,12-17,20-24H2,3-5H3,(H,44,45,46)/t27-,33?,41+/m1/s1. The van der Waals surface area contributed by atoms with E-state index < -0.39 is 29.2 Å². The third kappa shape index (κ3) is 6.90. The summed E-state index contributed by atoms with van der Waals surface area (Å²) >= 11 is 0. The smallest absolute Gasteiger partial charge is 0.322 e. The van der Waals surface area contributed by atoms with Gasteiger partial charge in [0.15, 0.2) is 11.9 Å². The van der Waals surface area contributed by atoms with Gasteiger partial charge in [0.25, 0.3) is 5.88 Å². The first-order valence-corrected chi connectivity index (χ1v) is 18.9. The average molecular weight is 746 g/mol. The molecule has 4 aliphatic rings. The number of aromatic nitrogens is 2. The number of alkyl halides is 1. The van der Waals surface area contributed by atoms with E-state index in [0.717, 1.165) is 38.5 Å². The Bertz CT molecular complexity index is 1940. The average Bonchev–Trinajstić information content (AvgIpc) is 3.81. The second kappa shape index (κ2) is 15.2. The fourth-order valence-electron chi connectivity index (χ4n) is 8.96. The maximum Gasteiger partial charge on any atom is 0.322 e. The third-order valence-corrected chi connectivity index (χ3v) is 12.1. The van der Waals surface area contributed by atoms with E-state index in [4.69, 9.17) is 30.4 Å². The molecule has 2 aromatic carbocycles. The highest BCUT2D eigenvalue weighted by Crippen LogP contribution is 2.46. The third-order valence-electron chi connectivity index (χ3n) is 12.1. The highest BCUT2D eigenvalue weighted by atomic mass is 19.1. The molecule has 1 aromatic heterocycles. The molecule has 3 fully saturated rings. The SMILES string of the molecule is C#Cc1c(F)ccc2cc(O)cc(C3COc4c(NCC5(N(C)C(=O)C=C)CCCC5)nc(OC[C@]5(C(C)C)C[C@@H](F)CN5C5CCOCC5)nc4O3)c12. The van der Waals surface area contributed by atoms with Crippen molar-refractivity contribution in [3.63, 3.8) is 0 Å². The number of nitrogens with zero attached hydrogens (tertiary/aromatic N) is 4. The van der Waals surface area contributed by atoms with Crippen molar-refractivity contribution in [1.82, 2.24) is 19.8 Å². The molecule has 11 nitrogen and oxygen atoms in total. The van der Waals surface area contributed by atoms with Crippen molar-refractivity contribution in [2.45, 2.75) is 88.2 Å². The Morgan fingerprint density at radius 1 is 1.26 bits per heavy atom. The zero-order valence-corrected chi connectivity index (χ0v) is 31.2. The summed E-state index contributed by atoms with van der Waals surface area (Å²) in [6.45, 7) is 9.91. The number of likely N-dealkylation sites (N-methyl/N-ethyl adjacent to an activating group) is 1. The largest absolute Gasteiger partial charge is 0.508 e. The minimum atomic E-state index is -1.01. The number of aromatic hydroxyl groups is 1. The number of anilines is 1. The van der Waals surface area contributed by atoms with Crippen LogP contribution in [0.5, 0.6) is 23.4 Å². The van der Waals surface area contributed by atoms with E-state index in [2.05, 4.69) is 41.5 Å². The van der Waals surface area contributed by atoms with Gasteiger partial charge in [0.05, 0.1) is 16.6 Å². The molecule has 0 radical (unpaired) electrons. The molecule has 3 atom stereocenters. The van der Waals surface area contributed by atoms with Crippen molar-refractivity contribution < 1.29 is 37.6 Å². The Kier molecular flexibility index (Phi) is 10.6. The van der Waals surface area contributed by atoms with Crippen LogP contribution in [0.1, 0.15) is 76.0 Å². The molecule has 2 saturated heterocycles. The van der Waals surface area contributed by atoms with Crippen LogP contribution in [0.25, 0.3) is 10.8 Å². The predicted octanol–water partition coefficient (Wildman–Crippen LogP) is 6.33. The minimum Gasteiger partial charge on any atom is -0.508 e. The lowest BCUT2D eigenvalue weighted by atomic mass is 9.83. The van der Waals surface area contributed by atoms with Crippen LogP contribution >= 0.6 is 0 Å². The molecule has 288 valence electrons. The molecule has 1 saturated carbocycles. The van der Waals surface area contributed by atoms with E-state index in [1.165, 1.54) is 24.3 Å². The molecule has 54 heavy (non-hydrogen) atoms. The van der Waals surface area contributed by atoms with Gasteiger partial charge in [-0.2, -0.15) is 9.97 Å². The summed E-state index contributed by atoms with van der Waals surface area (Å²) in [5, 5.41) is 15.1. The minimum absolute atomic E-state index is 0.00174. The summed E-state index contributed by atoms with van der Waals surface area (Å²) in [5.74, 6) is 2.32. The van der Waals surface area contributed by atoms with Gasteiger partial charge in [-0.25, -0.2) is 8.78 Å². The number of hydrogen-bond donors (Lipinski definition) is 2. The van der Waals surface area contributed by atoms with Crippen LogP contribution in [-0.4, -0.2) is 101 Å². The molecular weight excluding hydrogens is 696 g/mol. The second-order valence-corrected chi connectivity index (χ2v) is 15.3. The van der Waals surface area contributed by atoms with Gasteiger partial charge in [-0.3, -0.25) is 9.69 Å². The summed E-state index contributed by atoms with van der Waals surface area (Å²) in [4.78, 5) is 26.3. The molecule has 3 aromatic rings.